The lowest BCUT2D eigenvalue weighted by Crippen LogP contribution is -2.06. The molecule has 0 fully saturated rings. The smallest absolute Gasteiger partial charge is 0.163 e. The van der Waals surface area contributed by atoms with Crippen LogP contribution in [0.4, 0.5) is 11.5 Å². The number of rotatable bonds is 4. The molecule has 0 aliphatic rings. The van der Waals surface area contributed by atoms with Crippen molar-refractivity contribution in [1.29, 1.82) is 0 Å². The molecular weight excluding hydrogens is 320 g/mol. The van der Waals surface area contributed by atoms with Crippen molar-refractivity contribution < 1.29 is 0 Å². The fraction of sp³-hybridized carbons (Fsp3) is 0.211. The molecule has 2 nitrogen and oxygen atoms in total. The summed E-state index contributed by atoms with van der Waals surface area (Å²) in [6.45, 7) is 6.43. The van der Waals surface area contributed by atoms with Gasteiger partial charge in [0.1, 0.15) is 5.82 Å². The van der Waals surface area contributed by atoms with Crippen LogP contribution in [-0.2, 0) is 0 Å². The second-order valence-corrected chi connectivity index (χ2v) is 7.51. The topological polar surface area (TPSA) is 17.0 Å². The van der Waals surface area contributed by atoms with Crippen LogP contribution < -0.4 is 5.32 Å². The Morgan fingerprint density at radius 2 is 1.65 bits per heavy atom. The molecule has 1 heterocycles. The largest absolute Gasteiger partial charge is 0.340 e. The van der Waals surface area contributed by atoms with Crippen LogP contribution in [0.25, 0.3) is 10.4 Å². The van der Waals surface area contributed by atoms with Gasteiger partial charge in [-0.05, 0) is 50.7 Å². The summed E-state index contributed by atoms with van der Waals surface area (Å²) in [4.78, 5) is 1.19. The first kappa shape index (κ1) is 16.0. The number of anilines is 2. The normalized spacial score (nSPS) is 11.0. The number of aromatic nitrogens is 1. The Kier molecular flexibility index (Phi) is 4.64. The second-order valence-electron chi connectivity index (χ2n) is 5.87. The highest BCUT2D eigenvalue weighted by atomic mass is 32.1. The lowest BCUT2D eigenvalue weighted by Gasteiger charge is -2.16. The number of thiazole rings is 1. The SMILES string of the molecule is Cc1ccc(Nc2c(-c3ccccc3)sc(=S)n2C(C)C)cc1. The van der Waals surface area contributed by atoms with Gasteiger partial charge in [0.2, 0.25) is 0 Å². The number of benzene rings is 2. The van der Waals surface area contributed by atoms with Crippen LogP contribution >= 0.6 is 23.6 Å². The van der Waals surface area contributed by atoms with E-state index in [9.17, 15) is 0 Å². The first-order valence-corrected chi connectivity index (χ1v) is 8.93. The van der Waals surface area contributed by atoms with E-state index in [1.807, 2.05) is 6.07 Å². The minimum atomic E-state index is 0.309. The predicted octanol–water partition coefficient (Wildman–Crippen LogP) is 6.58. The van der Waals surface area contributed by atoms with Crippen molar-refractivity contribution in [3.8, 4) is 10.4 Å². The number of hydrogen-bond donors (Lipinski definition) is 1. The Balaban J connectivity index is 2.12. The van der Waals surface area contributed by atoms with Gasteiger partial charge < -0.3 is 9.88 Å². The average molecular weight is 341 g/mol. The molecule has 2 aromatic carbocycles. The van der Waals surface area contributed by atoms with Gasteiger partial charge in [-0.2, -0.15) is 0 Å². The zero-order chi connectivity index (χ0) is 16.4. The van der Waals surface area contributed by atoms with Crippen molar-refractivity contribution in [3.63, 3.8) is 0 Å². The van der Waals surface area contributed by atoms with Gasteiger partial charge in [0, 0.05) is 11.7 Å². The van der Waals surface area contributed by atoms with Crippen LogP contribution in [0.3, 0.4) is 0 Å². The van der Waals surface area contributed by atoms with E-state index in [-0.39, 0.29) is 0 Å². The van der Waals surface area contributed by atoms with Crippen molar-refractivity contribution in [1.82, 2.24) is 4.57 Å². The lowest BCUT2D eigenvalue weighted by molar-refractivity contribution is 0.608. The van der Waals surface area contributed by atoms with Crippen LogP contribution in [0, 0.1) is 10.9 Å². The number of hydrogen-bond acceptors (Lipinski definition) is 3. The molecule has 3 rings (SSSR count). The Labute approximate surface area is 146 Å². The summed E-state index contributed by atoms with van der Waals surface area (Å²) >= 11 is 7.28. The Morgan fingerprint density at radius 1 is 1.00 bits per heavy atom. The van der Waals surface area contributed by atoms with E-state index in [1.165, 1.54) is 16.0 Å². The maximum absolute atomic E-state index is 5.62. The molecule has 1 aromatic heterocycles. The Morgan fingerprint density at radius 3 is 2.26 bits per heavy atom. The van der Waals surface area contributed by atoms with Gasteiger partial charge >= 0.3 is 0 Å². The molecule has 0 aliphatic carbocycles. The zero-order valence-corrected chi connectivity index (χ0v) is 15.2. The molecule has 4 heteroatoms. The van der Waals surface area contributed by atoms with E-state index in [0.29, 0.717) is 6.04 Å². The lowest BCUT2D eigenvalue weighted by atomic mass is 10.2. The van der Waals surface area contributed by atoms with E-state index in [0.717, 1.165) is 15.5 Å². The predicted molar refractivity (Wildman–Crippen MR) is 103 cm³/mol. The molecule has 23 heavy (non-hydrogen) atoms. The molecule has 0 saturated heterocycles. The quantitative estimate of drug-likeness (QED) is 0.540. The minimum Gasteiger partial charge on any atom is -0.340 e. The van der Waals surface area contributed by atoms with Crippen LogP contribution in [0.1, 0.15) is 25.5 Å². The molecule has 0 spiro atoms. The Hall–Kier alpha value is -1.91. The van der Waals surface area contributed by atoms with Crippen LogP contribution in [0.5, 0.6) is 0 Å². The summed E-state index contributed by atoms with van der Waals surface area (Å²) in [6.07, 6.45) is 0. The van der Waals surface area contributed by atoms with Gasteiger partial charge in [-0.15, -0.1) is 11.3 Å². The zero-order valence-electron chi connectivity index (χ0n) is 13.5. The number of nitrogens with zero attached hydrogens (tertiary/aromatic N) is 1. The van der Waals surface area contributed by atoms with Gasteiger partial charge in [0.25, 0.3) is 0 Å². The standard InChI is InChI=1S/C19H20N2S2/c1-13(2)21-18(20-16-11-9-14(3)10-12-16)17(23-19(21)22)15-7-5-4-6-8-15/h4-13,20H,1-3H3. The number of nitrogens with one attached hydrogen (secondary N) is 1. The molecule has 0 saturated carbocycles. The summed E-state index contributed by atoms with van der Waals surface area (Å²) in [5.74, 6) is 1.07. The molecule has 118 valence electrons. The van der Waals surface area contributed by atoms with E-state index in [2.05, 4.69) is 79.2 Å². The molecular formula is C19H20N2S2. The first-order valence-electron chi connectivity index (χ1n) is 7.70. The summed E-state index contributed by atoms with van der Waals surface area (Å²) in [7, 11) is 0. The maximum atomic E-state index is 5.62. The van der Waals surface area contributed by atoms with E-state index < -0.39 is 0 Å². The van der Waals surface area contributed by atoms with Gasteiger partial charge in [0.05, 0.1) is 4.88 Å². The fourth-order valence-corrected chi connectivity index (χ4v) is 4.16. The monoisotopic (exact) mass is 340 g/mol. The van der Waals surface area contributed by atoms with E-state index in [1.54, 1.807) is 11.3 Å². The Bertz CT molecular complexity index is 843. The first-order chi connectivity index (χ1) is 11.1. The third-order valence-corrected chi connectivity index (χ3v) is 5.16. The van der Waals surface area contributed by atoms with Crippen molar-refractivity contribution in [2.24, 2.45) is 0 Å². The average Bonchev–Trinajstić information content (AvgIpc) is 2.87. The summed E-state index contributed by atoms with van der Waals surface area (Å²) in [6, 6.07) is 19.2. The van der Waals surface area contributed by atoms with Gasteiger partial charge in [0.15, 0.2) is 3.95 Å². The fourth-order valence-electron chi connectivity index (χ4n) is 2.53. The minimum absolute atomic E-state index is 0.309. The summed E-state index contributed by atoms with van der Waals surface area (Å²) < 4.78 is 3.09. The van der Waals surface area contributed by atoms with Gasteiger partial charge in [-0.1, -0.05) is 48.0 Å². The highest BCUT2D eigenvalue weighted by Crippen LogP contribution is 2.38. The van der Waals surface area contributed by atoms with Crippen LogP contribution in [-0.4, -0.2) is 4.57 Å². The van der Waals surface area contributed by atoms with Gasteiger partial charge in [-0.3, -0.25) is 0 Å². The molecule has 0 radical (unpaired) electrons. The van der Waals surface area contributed by atoms with Crippen LogP contribution in [0.2, 0.25) is 0 Å². The van der Waals surface area contributed by atoms with Gasteiger partial charge in [-0.25, -0.2) is 0 Å². The molecule has 3 aromatic rings. The molecule has 0 unspecified atom stereocenters. The van der Waals surface area contributed by atoms with E-state index in [4.69, 9.17) is 12.2 Å². The number of aryl methyl sites for hydroxylation is 1. The van der Waals surface area contributed by atoms with Crippen molar-refractivity contribution in [2.45, 2.75) is 26.8 Å². The second kappa shape index (κ2) is 6.69. The highest BCUT2D eigenvalue weighted by molar-refractivity contribution is 7.73. The molecule has 0 amide bonds. The molecule has 0 aliphatic heterocycles. The summed E-state index contributed by atoms with van der Waals surface area (Å²) in [5.41, 5.74) is 3.53. The molecule has 0 atom stereocenters. The van der Waals surface area contributed by atoms with Crippen LogP contribution in [0.15, 0.2) is 54.6 Å². The van der Waals surface area contributed by atoms with Crippen molar-refractivity contribution in [2.75, 3.05) is 5.32 Å². The third kappa shape index (κ3) is 3.38. The highest BCUT2D eigenvalue weighted by Gasteiger charge is 2.16. The third-order valence-electron chi connectivity index (χ3n) is 3.71. The summed E-state index contributed by atoms with van der Waals surface area (Å²) in [5, 5.41) is 3.58. The van der Waals surface area contributed by atoms with Crippen molar-refractivity contribution >= 4 is 35.1 Å². The molecule has 0 bridgehead atoms. The van der Waals surface area contributed by atoms with Crippen molar-refractivity contribution in [3.05, 3.63) is 64.1 Å². The maximum Gasteiger partial charge on any atom is 0.163 e. The molecule has 1 N–H and O–H groups in total. The van der Waals surface area contributed by atoms with E-state index >= 15 is 0 Å².